The number of nitrogens with zero attached hydrogens (tertiary/aromatic N) is 3. The zero-order valence-electron chi connectivity index (χ0n) is 17.5. The molecule has 0 aliphatic heterocycles. The molecule has 10 heteroatoms. The number of amides is 1. The average molecular weight is 425 g/mol. The lowest BCUT2D eigenvalue weighted by molar-refractivity contribution is -0.117. The van der Waals surface area contributed by atoms with Gasteiger partial charge in [-0.2, -0.15) is 5.10 Å². The number of rotatable bonds is 8. The molecule has 3 aromatic heterocycles. The summed E-state index contributed by atoms with van der Waals surface area (Å²) in [7, 11) is 4.46. The Balaban J connectivity index is 1.74. The second kappa shape index (κ2) is 8.60. The van der Waals surface area contributed by atoms with E-state index in [1.54, 1.807) is 43.3 Å². The highest BCUT2D eigenvalue weighted by atomic mass is 16.5. The number of carbonyl (C=O) groups excluding carboxylic acids is 2. The summed E-state index contributed by atoms with van der Waals surface area (Å²) < 4.78 is 17.5. The highest BCUT2D eigenvalue weighted by molar-refractivity contribution is 5.99. The van der Waals surface area contributed by atoms with E-state index in [9.17, 15) is 9.59 Å². The van der Waals surface area contributed by atoms with Crippen molar-refractivity contribution in [3.63, 3.8) is 0 Å². The van der Waals surface area contributed by atoms with Gasteiger partial charge < -0.3 is 24.8 Å². The zero-order chi connectivity index (χ0) is 22.0. The third-order valence-electron chi connectivity index (χ3n) is 5.00. The molecule has 1 aliphatic rings. The molecule has 2 N–H and O–H groups in total. The van der Waals surface area contributed by atoms with Gasteiger partial charge in [0.2, 0.25) is 5.91 Å². The van der Waals surface area contributed by atoms with Crippen LogP contribution in [0.1, 0.15) is 28.8 Å². The molecule has 0 spiro atoms. The molecule has 1 aliphatic carbocycles. The molecule has 162 valence electrons. The first-order chi connectivity index (χ1) is 15.0. The van der Waals surface area contributed by atoms with Crippen molar-refractivity contribution in [3.8, 4) is 5.75 Å². The summed E-state index contributed by atoms with van der Waals surface area (Å²) in [5.41, 5.74) is 2.83. The predicted octanol–water partition coefficient (Wildman–Crippen LogP) is 2.76. The number of anilines is 3. The number of hydrogen-bond donors (Lipinski definition) is 2. The van der Waals surface area contributed by atoms with E-state index < -0.39 is 5.97 Å². The molecule has 1 saturated carbocycles. The summed E-state index contributed by atoms with van der Waals surface area (Å²) in [6.07, 6.45) is 6.61. The first-order valence-corrected chi connectivity index (χ1v) is 9.74. The number of fused-ring (bicyclic) bond motifs is 1. The summed E-state index contributed by atoms with van der Waals surface area (Å²) in [5.74, 6) is 0.271. The molecule has 10 nitrogen and oxygen atoms in total. The SMILES string of the molecule is COCc1cnn2ccc(Nc3cc(NC(=O)C4CC4)ncc3C(=O)OC)c(OC)c12. The molecule has 4 rings (SSSR count). The van der Waals surface area contributed by atoms with Gasteiger partial charge in [0.15, 0.2) is 5.75 Å². The van der Waals surface area contributed by atoms with Gasteiger partial charge in [0.25, 0.3) is 0 Å². The third-order valence-corrected chi connectivity index (χ3v) is 5.00. The number of carbonyl (C=O) groups is 2. The fraction of sp³-hybridized carbons (Fsp3) is 0.333. The van der Waals surface area contributed by atoms with Crippen molar-refractivity contribution in [2.75, 3.05) is 32.0 Å². The van der Waals surface area contributed by atoms with Crippen LogP contribution in [-0.4, -0.2) is 47.8 Å². The van der Waals surface area contributed by atoms with Gasteiger partial charge in [-0.05, 0) is 18.9 Å². The summed E-state index contributed by atoms with van der Waals surface area (Å²) in [5, 5.41) is 10.3. The lowest BCUT2D eigenvalue weighted by Crippen LogP contribution is -2.15. The highest BCUT2D eigenvalue weighted by Crippen LogP contribution is 2.36. The zero-order valence-corrected chi connectivity index (χ0v) is 17.5. The lowest BCUT2D eigenvalue weighted by atomic mass is 10.2. The molecule has 31 heavy (non-hydrogen) atoms. The minimum atomic E-state index is -0.556. The number of hydrogen-bond acceptors (Lipinski definition) is 8. The maximum absolute atomic E-state index is 12.3. The number of ether oxygens (including phenoxy) is 3. The Kier molecular flexibility index (Phi) is 5.72. The Morgan fingerprint density at radius 3 is 2.68 bits per heavy atom. The lowest BCUT2D eigenvalue weighted by Gasteiger charge is -2.16. The van der Waals surface area contributed by atoms with Gasteiger partial charge in [-0.15, -0.1) is 0 Å². The van der Waals surface area contributed by atoms with Crippen LogP contribution in [0, 0.1) is 5.92 Å². The highest BCUT2D eigenvalue weighted by Gasteiger charge is 2.30. The molecule has 0 atom stereocenters. The van der Waals surface area contributed by atoms with Gasteiger partial charge in [0.05, 0.1) is 38.4 Å². The van der Waals surface area contributed by atoms with Crippen molar-refractivity contribution < 1.29 is 23.8 Å². The Bertz CT molecular complexity index is 1140. The van der Waals surface area contributed by atoms with Gasteiger partial charge in [-0.25, -0.2) is 14.3 Å². The molecule has 3 aromatic rings. The molecule has 0 unspecified atom stereocenters. The second-order valence-corrected chi connectivity index (χ2v) is 7.15. The van der Waals surface area contributed by atoms with E-state index in [0.29, 0.717) is 29.5 Å². The smallest absolute Gasteiger partial charge is 0.341 e. The normalized spacial score (nSPS) is 13.1. The van der Waals surface area contributed by atoms with E-state index in [-0.39, 0.29) is 17.4 Å². The largest absolute Gasteiger partial charge is 0.492 e. The van der Waals surface area contributed by atoms with E-state index in [1.807, 2.05) is 0 Å². The Morgan fingerprint density at radius 1 is 1.19 bits per heavy atom. The van der Waals surface area contributed by atoms with Crippen molar-refractivity contribution in [2.45, 2.75) is 19.4 Å². The van der Waals surface area contributed by atoms with Gasteiger partial charge in [0.1, 0.15) is 16.9 Å². The minimum absolute atomic E-state index is 0.0297. The van der Waals surface area contributed by atoms with Crippen LogP contribution in [0.5, 0.6) is 5.75 Å². The topological polar surface area (TPSA) is 116 Å². The monoisotopic (exact) mass is 425 g/mol. The van der Waals surface area contributed by atoms with E-state index in [0.717, 1.165) is 23.9 Å². The van der Waals surface area contributed by atoms with Gasteiger partial charge in [0, 0.05) is 37.1 Å². The van der Waals surface area contributed by atoms with Crippen molar-refractivity contribution in [2.24, 2.45) is 5.92 Å². The molecule has 1 amide bonds. The molecule has 3 heterocycles. The van der Waals surface area contributed by atoms with Crippen LogP contribution in [0.25, 0.3) is 5.52 Å². The van der Waals surface area contributed by atoms with Gasteiger partial charge in [-0.3, -0.25) is 4.79 Å². The number of methoxy groups -OCH3 is 3. The van der Waals surface area contributed by atoms with Crippen molar-refractivity contribution >= 4 is 34.6 Å². The Hall–Kier alpha value is -3.66. The van der Waals surface area contributed by atoms with Crippen LogP contribution in [0.2, 0.25) is 0 Å². The quantitative estimate of drug-likeness (QED) is 0.529. The average Bonchev–Trinajstić information content (AvgIpc) is 3.55. The van der Waals surface area contributed by atoms with Crippen molar-refractivity contribution in [3.05, 3.63) is 41.9 Å². The fourth-order valence-corrected chi connectivity index (χ4v) is 3.29. The Labute approximate surface area is 178 Å². The minimum Gasteiger partial charge on any atom is -0.492 e. The molecular formula is C21H23N5O5. The standard InChI is InChI=1S/C21H23N5O5/c1-29-11-13-9-23-26-7-6-15(19(30-2)18(13)26)24-16-8-17(25-20(27)12-4-5-12)22-10-14(16)21(28)31-3/h6-10,12H,4-5,11H2,1-3H3,(H2,22,24,25,27). The summed E-state index contributed by atoms with van der Waals surface area (Å²) >= 11 is 0. The van der Waals surface area contributed by atoms with Crippen LogP contribution in [0.15, 0.2) is 30.7 Å². The molecule has 0 radical (unpaired) electrons. The number of aromatic nitrogens is 3. The van der Waals surface area contributed by atoms with Crippen LogP contribution in [0.3, 0.4) is 0 Å². The van der Waals surface area contributed by atoms with Crippen LogP contribution < -0.4 is 15.4 Å². The molecule has 0 saturated heterocycles. The van der Waals surface area contributed by atoms with Crippen LogP contribution in [-0.2, 0) is 20.9 Å². The molecule has 1 fully saturated rings. The van der Waals surface area contributed by atoms with E-state index in [2.05, 4.69) is 20.7 Å². The predicted molar refractivity (Wildman–Crippen MR) is 113 cm³/mol. The Morgan fingerprint density at radius 2 is 2.00 bits per heavy atom. The van der Waals surface area contributed by atoms with E-state index >= 15 is 0 Å². The summed E-state index contributed by atoms with van der Waals surface area (Å²) in [4.78, 5) is 28.6. The first kappa shape index (κ1) is 20.6. The first-order valence-electron chi connectivity index (χ1n) is 9.74. The summed E-state index contributed by atoms with van der Waals surface area (Å²) in [6.45, 7) is 0.364. The van der Waals surface area contributed by atoms with Crippen molar-refractivity contribution in [1.82, 2.24) is 14.6 Å². The van der Waals surface area contributed by atoms with Gasteiger partial charge in [-0.1, -0.05) is 0 Å². The second-order valence-electron chi connectivity index (χ2n) is 7.15. The van der Waals surface area contributed by atoms with Crippen LogP contribution >= 0.6 is 0 Å². The maximum atomic E-state index is 12.3. The summed E-state index contributed by atoms with van der Waals surface area (Å²) in [6, 6.07) is 3.38. The molecular weight excluding hydrogens is 402 g/mol. The number of nitrogens with one attached hydrogen (secondary N) is 2. The van der Waals surface area contributed by atoms with Crippen molar-refractivity contribution in [1.29, 1.82) is 0 Å². The van der Waals surface area contributed by atoms with Crippen LogP contribution in [0.4, 0.5) is 17.2 Å². The fourth-order valence-electron chi connectivity index (χ4n) is 3.29. The third kappa shape index (κ3) is 4.15. The van der Waals surface area contributed by atoms with E-state index in [1.165, 1.54) is 13.3 Å². The maximum Gasteiger partial charge on any atom is 0.341 e. The number of esters is 1. The van der Waals surface area contributed by atoms with Gasteiger partial charge >= 0.3 is 5.97 Å². The van der Waals surface area contributed by atoms with E-state index in [4.69, 9.17) is 14.2 Å². The number of pyridine rings is 2. The molecule has 0 aromatic carbocycles. The molecule has 0 bridgehead atoms.